The van der Waals surface area contributed by atoms with E-state index in [-0.39, 0.29) is 17.4 Å². The fraction of sp³-hybridized carbons (Fsp3) is 0.105. The lowest BCUT2D eigenvalue weighted by Gasteiger charge is -2.10. The van der Waals surface area contributed by atoms with Crippen LogP contribution >= 0.6 is 55.2 Å². The van der Waals surface area contributed by atoms with Gasteiger partial charge in [-0.25, -0.2) is 0 Å². The Morgan fingerprint density at radius 3 is 2.69 bits per heavy atom. The number of hydrogen-bond donors (Lipinski definition) is 2. The molecule has 6 nitrogen and oxygen atoms in total. The lowest BCUT2D eigenvalue weighted by Crippen LogP contribution is -2.15. The molecule has 3 rings (SSSR count). The molecule has 0 bridgehead atoms. The van der Waals surface area contributed by atoms with E-state index in [0.29, 0.717) is 33.8 Å². The molecular formula is C19H15Br2ClN4O2S. The van der Waals surface area contributed by atoms with Crippen molar-refractivity contribution in [1.82, 2.24) is 14.8 Å². The average molecular weight is 559 g/mol. The lowest BCUT2D eigenvalue weighted by molar-refractivity contribution is -0.113. The third-order valence-corrected chi connectivity index (χ3v) is 6.03. The molecule has 0 saturated carbocycles. The first-order valence-electron chi connectivity index (χ1n) is 8.29. The van der Waals surface area contributed by atoms with Gasteiger partial charge in [-0.15, -0.1) is 16.8 Å². The van der Waals surface area contributed by atoms with Gasteiger partial charge in [0, 0.05) is 15.5 Å². The van der Waals surface area contributed by atoms with Crippen LogP contribution in [0.3, 0.4) is 0 Å². The minimum Gasteiger partial charge on any atom is -0.507 e. The van der Waals surface area contributed by atoms with E-state index >= 15 is 0 Å². The summed E-state index contributed by atoms with van der Waals surface area (Å²) in [7, 11) is 0. The number of benzene rings is 2. The number of aromatic nitrogens is 3. The Kier molecular flexibility index (Phi) is 7.39. The summed E-state index contributed by atoms with van der Waals surface area (Å²) in [4.78, 5) is 12.3. The maximum Gasteiger partial charge on any atom is 0.234 e. The van der Waals surface area contributed by atoms with Gasteiger partial charge in [-0.3, -0.25) is 9.36 Å². The van der Waals surface area contributed by atoms with Crippen LogP contribution in [-0.4, -0.2) is 31.5 Å². The summed E-state index contributed by atoms with van der Waals surface area (Å²) in [5, 5.41) is 22.3. The molecule has 0 radical (unpaired) electrons. The molecule has 0 saturated heterocycles. The Morgan fingerprint density at radius 2 is 1.97 bits per heavy atom. The molecule has 0 fully saturated rings. The topological polar surface area (TPSA) is 80.0 Å². The number of anilines is 1. The summed E-state index contributed by atoms with van der Waals surface area (Å²) in [6.07, 6.45) is 1.70. The summed E-state index contributed by atoms with van der Waals surface area (Å²) in [5.74, 6) is 0.471. The van der Waals surface area contributed by atoms with Crippen LogP contribution < -0.4 is 5.32 Å². The molecule has 1 heterocycles. The molecular weight excluding hydrogens is 544 g/mol. The Hall–Kier alpha value is -1.81. The molecule has 3 aromatic rings. The van der Waals surface area contributed by atoms with Gasteiger partial charge in [-0.05, 0) is 36.4 Å². The van der Waals surface area contributed by atoms with Gasteiger partial charge in [-0.2, -0.15) is 0 Å². The van der Waals surface area contributed by atoms with E-state index in [0.717, 1.165) is 8.95 Å². The van der Waals surface area contributed by atoms with E-state index in [9.17, 15) is 9.90 Å². The van der Waals surface area contributed by atoms with E-state index in [1.807, 2.05) is 0 Å². The summed E-state index contributed by atoms with van der Waals surface area (Å²) < 4.78 is 3.42. The maximum atomic E-state index is 12.3. The smallest absolute Gasteiger partial charge is 0.234 e. The van der Waals surface area contributed by atoms with Gasteiger partial charge < -0.3 is 10.4 Å². The summed E-state index contributed by atoms with van der Waals surface area (Å²) in [6, 6.07) is 10.3. The van der Waals surface area contributed by atoms with Gasteiger partial charge in [0.2, 0.25) is 5.91 Å². The largest absolute Gasteiger partial charge is 0.507 e. The third kappa shape index (κ3) is 5.42. The fourth-order valence-corrected chi connectivity index (χ4v) is 4.31. The second kappa shape index (κ2) is 9.80. The van der Waals surface area contributed by atoms with Gasteiger partial charge >= 0.3 is 0 Å². The highest BCUT2D eigenvalue weighted by Crippen LogP contribution is 2.33. The molecule has 2 aromatic carbocycles. The molecule has 0 unspecified atom stereocenters. The molecule has 2 N–H and O–H groups in total. The van der Waals surface area contributed by atoms with Crippen molar-refractivity contribution in [3.63, 3.8) is 0 Å². The number of rotatable bonds is 7. The molecule has 0 aliphatic heterocycles. The molecule has 0 aliphatic rings. The molecule has 0 aliphatic carbocycles. The van der Waals surface area contributed by atoms with Crippen LogP contribution in [0.4, 0.5) is 5.69 Å². The monoisotopic (exact) mass is 556 g/mol. The average Bonchev–Trinajstić information content (AvgIpc) is 3.07. The zero-order chi connectivity index (χ0) is 21.0. The van der Waals surface area contributed by atoms with E-state index in [1.165, 1.54) is 11.8 Å². The summed E-state index contributed by atoms with van der Waals surface area (Å²) in [6.45, 7) is 4.19. The van der Waals surface area contributed by atoms with Gasteiger partial charge in [0.25, 0.3) is 0 Å². The van der Waals surface area contributed by atoms with Gasteiger partial charge in [0.05, 0.1) is 22.0 Å². The number of aromatic hydroxyl groups is 1. The van der Waals surface area contributed by atoms with Gasteiger partial charge in [0.15, 0.2) is 11.0 Å². The zero-order valence-electron chi connectivity index (χ0n) is 14.9. The van der Waals surface area contributed by atoms with Crippen molar-refractivity contribution < 1.29 is 9.90 Å². The fourth-order valence-electron chi connectivity index (χ4n) is 2.48. The second-order valence-corrected chi connectivity index (χ2v) is 9.01. The summed E-state index contributed by atoms with van der Waals surface area (Å²) >= 11 is 14.1. The Labute approximate surface area is 193 Å². The molecule has 150 valence electrons. The van der Waals surface area contributed by atoms with Crippen molar-refractivity contribution in [1.29, 1.82) is 0 Å². The minimum absolute atomic E-state index is 0.0880. The number of phenolic OH excluding ortho intramolecular Hbond substituents is 1. The molecule has 0 spiro atoms. The van der Waals surface area contributed by atoms with Crippen LogP contribution in [0.2, 0.25) is 5.02 Å². The van der Waals surface area contributed by atoms with Gasteiger partial charge in [0.1, 0.15) is 5.75 Å². The third-order valence-electron chi connectivity index (χ3n) is 3.77. The predicted octanol–water partition coefficient (Wildman–Crippen LogP) is 5.75. The first kappa shape index (κ1) is 21.9. The number of hydrogen-bond acceptors (Lipinski definition) is 5. The van der Waals surface area contributed by atoms with Crippen LogP contribution in [-0.2, 0) is 11.3 Å². The van der Waals surface area contributed by atoms with Gasteiger partial charge in [-0.1, -0.05) is 61.3 Å². The number of phenols is 1. The lowest BCUT2D eigenvalue weighted by atomic mass is 10.2. The van der Waals surface area contributed by atoms with E-state index < -0.39 is 0 Å². The number of thioether (sulfide) groups is 1. The van der Waals surface area contributed by atoms with Crippen LogP contribution in [0.15, 0.2) is 63.2 Å². The molecule has 29 heavy (non-hydrogen) atoms. The number of carbonyl (C=O) groups excluding carboxylic acids is 1. The number of halogens is 3. The minimum atomic E-state index is -0.223. The highest BCUT2D eigenvalue weighted by atomic mass is 79.9. The molecule has 0 atom stereocenters. The maximum absolute atomic E-state index is 12.3. The molecule has 1 amide bonds. The highest BCUT2D eigenvalue weighted by Gasteiger charge is 2.18. The first-order valence-corrected chi connectivity index (χ1v) is 11.2. The van der Waals surface area contributed by atoms with Crippen LogP contribution in [0.1, 0.15) is 0 Å². The molecule has 10 heteroatoms. The predicted molar refractivity (Wildman–Crippen MR) is 124 cm³/mol. The van der Waals surface area contributed by atoms with Crippen molar-refractivity contribution in [3.8, 4) is 17.1 Å². The quantitative estimate of drug-likeness (QED) is 0.285. The first-order chi connectivity index (χ1) is 13.9. The molecule has 1 aromatic heterocycles. The van der Waals surface area contributed by atoms with Crippen LogP contribution in [0, 0.1) is 0 Å². The second-order valence-electron chi connectivity index (χ2n) is 5.83. The van der Waals surface area contributed by atoms with E-state index in [4.69, 9.17) is 11.6 Å². The Balaban J connectivity index is 1.77. The highest BCUT2D eigenvalue weighted by molar-refractivity contribution is 9.10. The van der Waals surface area contributed by atoms with Crippen LogP contribution in [0.25, 0.3) is 11.4 Å². The van der Waals surface area contributed by atoms with Crippen molar-refractivity contribution in [3.05, 3.63) is 63.0 Å². The number of carbonyl (C=O) groups is 1. The Bertz CT molecular complexity index is 1070. The van der Waals surface area contributed by atoms with E-state index in [2.05, 4.69) is 54.0 Å². The normalized spacial score (nSPS) is 10.7. The standard InChI is InChI=1S/C19H15Br2ClN4O2S/c1-2-7-26-18(13-8-11(20)4-6-16(13)27)24-25-19(26)29-10-17(28)23-15-5-3-12(21)9-14(15)22/h2-6,8-9,27H,1,7,10H2,(H,23,28). The van der Waals surface area contributed by atoms with Crippen molar-refractivity contribution >= 4 is 66.8 Å². The number of nitrogens with one attached hydrogen (secondary N) is 1. The number of allylic oxidation sites excluding steroid dienone is 1. The van der Waals surface area contributed by atoms with Crippen molar-refractivity contribution in [2.24, 2.45) is 0 Å². The number of amides is 1. The van der Waals surface area contributed by atoms with Crippen LogP contribution in [0.5, 0.6) is 5.75 Å². The zero-order valence-corrected chi connectivity index (χ0v) is 19.6. The van der Waals surface area contributed by atoms with Crippen molar-refractivity contribution in [2.75, 3.05) is 11.1 Å². The van der Waals surface area contributed by atoms with Crippen molar-refractivity contribution in [2.45, 2.75) is 11.7 Å². The SMILES string of the molecule is C=CCn1c(SCC(=O)Nc2ccc(Br)cc2Cl)nnc1-c1cc(Br)ccc1O. The Morgan fingerprint density at radius 1 is 1.24 bits per heavy atom. The summed E-state index contributed by atoms with van der Waals surface area (Å²) in [5.41, 5.74) is 1.07. The van der Waals surface area contributed by atoms with E-state index in [1.54, 1.807) is 47.0 Å². The number of nitrogens with zero attached hydrogens (tertiary/aromatic N) is 3.